The van der Waals surface area contributed by atoms with Crippen molar-refractivity contribution in [1.82, 2.24) is 5.32 Å². The molecule has 0 radical (unpaired) electrons. The fraction of sp³-hybridized carbons (Fsp3) is 0.500. The minimum atomic E-state index is -0.742. The molecule has 4 nitrogen and oxygen atoms in total. The first kappa shape index (κ1) is 14.2. The van der Waals surface area contributed by atoms with E-state index in [9.17, 15) is 15.0 Å². The molecule has 0 atom stereocenters. The molecule has 0 unspecified atom stereocenters. The van der Waals surface area contributed by atoms with Gasteiger partial charge in [0.25, 0.3) is 0 Å². The Morgan fingerprint density at radius 1 is 1.37 bits per heavy atom. The molecular formula is C14H18ClNO3. The molecule has 0 aromatic heterocycles. The minimum absolute atomic E-state index is 0.0782. The molecule has 0 saturated heterocycles. The molecule has 19 heavy (non-hydrogen) atoms. The van der Waals surface area contributed by atoms with Gasteiger partial charge in [-0.15, -0.1) is 0 Å². The van der Waals surface area contributed by atoms with E-state index >= 15 is 0 Å². The number of amides is 1. The highest BCUT2D eigenvalue weighted by Gasteiger charge is 2.31. The maximum atomic E-state index is 11.8. The summed E-state index contributed by atoms with van der Waals surface area (Å²) >= 11 is 5.94. The zero-order valence-electron chi connectivity index (χ0n) is 10.7. The monoisotopic (exact) mass is 283 g/mol. The van der Waals surface area contributed by atoms with E-state index in [1.54, 1.807) is 6.07 Å². The van der Waals surface area contributed by atoms with Crippen molar-refractivity contribution in [2.45, 2.75) is 37.7 Å². The SMILES string of the molecule is O=C(Cc1ccc(O)cc1Cl)NCC1(O)CCCC1. The van der Waals surface area contributed by atoms with Gasteiger partial charge in [-0.1, -0.05) is 30.5 Å². The number of halogens is 1. The van der Waals surface area contributed by atoms with Crippen LogP contribution in [0.1, 0.15) is 31.2 Å². The maximum Gasteiger partial charge on any atom is 0.224 e. The quantitative estimate of drug-likeness (QED) is 0.792. The number of aliphatic hydroxyl groups is 1. The van der Waals surface area contributed by atoms with E-state index in [1.807, 2.05) is 0 Å². The van der Waals surface area contributed by atoms with Crippen LogP contribution in [0.25, 0.3) is 0 Å². The third-order valence-corrected chi connectivity index (χ3v) is 3.89. The van der Waals surface area contributed by atoms with Gasteiger partial charge in [0.05, 0.1) is 12.0 Å². The van der Waals surface area contributed by atoms with Crippen LogP contribution in [-0.2, 0) is 11.2 Å². The normalized spacial score (nSPS) is 17.4. The molecule has 1 aliphatic carbocycles. The predicted octanol–water partition coefficient (Wildman–Crippen LogP) is 2.01. The van der Waals surface area contributed by atoms with Crippen molar-refractivity contribution in [2.24, 2.45) is 0 Å². The van der Waals surface area contributed by atoms with Crippen LogP contribution in [0.2, 0.25) is 5.02 Å². The molecule has 1 fully saturated rings. The molecule has 5 heteroatoms. The van der Waals surface area contributed by atoms with Crippen LogP contribution in [0.3, 0.4) is 0 Å². The van der Waals surface area contributed by atoms with Gasteiger partial charge < -0.3 is 15.5 Å². The zero-order chi connectivity index (χ0) is 13.9. The Bertz CT molecular complexity index is 470. The van der Waals surface area contributed by atoms with Gasteiger partial charge in [0, 0.05) is 11.6 Å². The molecular weight excluding hydrogens is 266 g/mol. The van der Waals surface area contributed by atoms with Gasteiger partial charge in [0.1, 0.15) is 5.75 Å². The van der Waals surface area contributed by atoms with Crippen molar-refractivity contribution < 1.29 is 15.0 Å². The molecule has 0 aliphatic heterocycles. The number of rotatable bonds is 4. The molecule has 3 N–H and O–H groups in total. The van der Waals surface area contributed by atoms with Gasteiger partial charge in [0.2, 0.25) is 5.91 Å². The summed E-state index contributed by atoms with van der Waals surface area (Å²) in [5, 5.41) is 22.5. The molecule has 1 amide bonds. The van der Waals surface area contributed by atoms with Crippen LogP contribution in [0, 0.1) is 0 Å². The Labute approximate surface area is 117 Å². The zero-order valence-corrected chi connectivity index (χ0v) is 11.4. The number of hydrogen-bond acceptors (Lipinski definition) is 3. The van der Waals surface area contributed by atoms with Crippen molar-refractivity contribution in [3.63, 3.8) is 0 Å². The van der Waals surface area contributed by atoms with E-state index in [2.05, 4.69) is 5.32 Å². The van der Waals surface area contributed by atoms with Gasteiger partial charge in [-0.3, -0.25) is 4.79 Å². The molecule has 1 saturated carbocycles. The molecule has 0 spiro atoms. The Morgan fingerprint density at radius 3 is 2.68 bits per heavy atom. The van der Waals surface area contributed by atoms with Crippen LogP contribution < -0.4 is 5.32 Å². The molecule has 1 aliphatic rings. The van der Waals surface area contributed by atoms with E-state index in [0.717, 1.165) is 25.7 Å². The number of carbonyl (C=O) groups excluding carboxylic acids is 1. The summed E-state index contributed by atoms with van der Waals surface area (Å²) in [6.45, 7) is 0.293. The van der Waals surface area contributed by atoms with E-state index in [1.165, 1.54) is 12.1 Å². The van der Waals surface area contributed by atoms with E-state index < -0.39 is 5.60 Å². The molecule has 0 heterocycles. The number of aromatic hydroxyl groups is 1. The van der Waals surface area contributed by atoms with Crippen LogP contribution in [0.15, 0.2) is 18.2 Å². The highest BCUT2D eigenvalue weighted by atomic mass is 35.5. The summed E-state index contributed by atoms with van der Waals surface area (Å²) < 4.78 is 0. The summed E-state index contributed by atoms with van der Waals surface area (Å²) in [5.74, 6) is -0.0951. The van der Waals surface area contributed by atoms with E-state index in [4.69, 9.17) is 11.6 Å². The molecule has 0 bridgehead atoms. The van der Waals surface area contributed by atoms with Gasteiger partial charge in [-0.2, -0.15) is 0 Å². The number of phenolic OH excluding ortho intramolecular Hbond substituents is 1. The summed E-state index contributed by atoms with van der Waals surface area (Å²) in [6.07, 6.45) is 3.65. The van der Waals surface area contributed by atoms with Gasteiger partial charge in [-0.05, 0) is 30.5 Å². The van der Waals surface area contributed by atoms with Crippen molar-refractivity contribution in [2.75, 3.05) is 6.54 Å². The van der Waals surface area contributed by atoms with Crippen LogP contribution in [-0.4, -0.2) is 28.3 Å². The smallest absolute Gasteiger partial charge is 0.224 e. The van der Waals surface area contributed by atoms with E-state index in [-0.39, 0.29) is 18.1 Å². The molecule has 104 valence electrons. The summed E-state index contributed by atoms with van der Waals surface area (Å²) in [7, 11) is 0. The first-order chi connectivity index (χ1) is 8.98. The van der Waals surface area contributed by atoms with Crippen molar-refractivity contribution in [3.05, 3.63) is 28.8 Å². The van der Waals surface area contributed by atoms with Crippen LogP contribution in [0.5, 0.6) is 5.75 Å². The average molecular weight is 284 g/mol. The van der Waals surface area contributed by atoms with Crippen molar-refractivity contribution in [3.8, 4) is 5.75 Å². The minimum Gasteiger partial charge on any atom is -0.508 e. The highest BCUT2D eigenvalue weighted by molar-refractivity contribution is 6.31. The number of phenols is 1. The van der Waals surface area contributed by atoms with Crippen LogP contribution in [0.4, 0.5) is 0 Å². The summed E-state index contributed by atoms with van der Waals surface area (Å²) in [6, 6.07) is 4.54. The summed E-state index contributed by atoms with van der Waals surface area (Å²) in [5.41, 5.74) is -0.0793. The lowest BCUT2D eigenvalue weighted by Crippen LogP contribution is -2.41. The maximum absolute atomic E-state index is 11.8. The third-order valence-electron chi connectivity index (χ3n) is 3.54. The lowest BCUT2D eigenvalue weighted by molar-refractivity contribution is -0.121. The second-order valence-corrected chi connectivity index (χ2v) is 5.57. The Kier molecular flexibility index (Phi) is 4.32. The topological polar surface area (TPSA) is 69.6 Å². The first-order valence-corrected chi connectivity index (χ1v) is 6.83. The van der Waals surface area contributed by atoms with E-state index in [0.29, 0.717) is 17.1 Å². The second-order valence-electron chi connectivity index (χ2n) is 5.16. The number of nitrogens with one attached hydrogen (secondary N) is 1. The fourth-order valence-electron chi connectivity index (χ4n) is 2.39. The van der Waals surface area contributed by atoms with Gasteiger partial charge >= 0.3 is 0 Å². The molecule has 1 aromatic carbocycles. The molecule has 2 rings (SSSR count). The van der Waals surface area contributed by atoms with Gasteiger partial charge in [0.15, 0.2) is 0 Å². The Morgan fingerprint density at radius 2 is 2.05 bits per heavy atom. The fourth-order valence-corrected chi connectivity index (χ4v) is 2.63. The standard InChI is InChI=1S/C14H18ClNO3/c15-12-8-11(17)4-3-10(12)7-13(18)16-9-14(19)5-1-2-6-14/h3-4,8,17,19H,1-2,5-7,9H2,(H,16,18). The highest BCUT2D eigenvalue weighted by Crippen LogP contribution is 2.28. The lowest BCUT2D eigenvalue weighted by atomic mass is 10.0. The largest absolute Gasteiger partial charge is 0.508 e. The van der Waals surface area contributed by atoms with Gasteiger partial charge in [-0.25, -0.2) is 0 Å². The number of benzene rings is 1. The Hall–Kier alpha value is -1.26. The van der Waals surface area contributed by atoms with Crippen LogP contribution >= 0.6 is 11.6 Å². The third kappa shape index (κ3) is 3.85. The lowest BCUT2D eigenvalue weighted by Gasteiger charge is -2.22. The predicted molar refractivity (Wildman–Crippen MR) is 73.2 cm³/mol. The number of hydrogen-bond donors (Lipinski definition) is 3. The Balaban J connectivity index is 1.87. The summed E-state index contributed by atoms with van der Waals surface area (Å²) in [4.78, 5) is 11.8. The molecule has 1 aromatic rings. The average Bonchev–Trinajstić information content (AvgIpc) is 2.78. The van der Waals surface area contributed by atoms with Crippen molar-refractivity contribution in [1.29, 1.82) is 0 Å². The second kappa shape index (κ2) is 5.80. The number of carbonyl (C=O) groups is 1. The van der Waals surface area contributed by atoms with Crippen molar-refractivity contribution >= 4 is 17.5 Å². The first-order valence-electron chi connectivity index (χ1n) is 6.45.